The van der Waals surface area contributed by atoms with Crippen LogP contribution in [0.3, 0.4) is 0 Å². The lowest BCUT2D eigenvalue weighted by Crippen LogP contribution is -2.16. The largest absolute Gasteiger partial charge is 0.366 e. The van der Waals surface area contributed by atoms with Gasteiger partial charge in [-0.15, -0.1) is 0 Å². The number of nitrogens with two attached hydrogens (primary N) is 1. The molecule has 2 rings (SSSR count). The molecule has 0 aliphatic carbocycles. The molecule has 0 spiro atoms. The van der Waals surface area contributed by atoms with Gasteiger partial charge in [0.05, 0.1) is 27.5 Å². The number of sulfone groups is 1. The Bertz CT molecular complexity index is 739. The quantitative estimate of drug-likeness (QED) is 0.915. The van der Waals surface area contributed by atoms with Gasteiger partial charge in [-0.3, -0.25) is 4.79 Å². The normalized spacial score (nSPS) is 11.5. The van der Waals surface area contributed by atoms with Gasteiger partial charge in [0.2, 0.25) is 0 Å². The van der Waals surface area contributed by atoms with Gasteiger partial charge in [0, 0.05) is 18.6 Å². The minimum atomic E-state index is -3.54. The van der Waals surface area contributed by atoms with E-state index in [0.717, 1.165) is 6.26 Å². The minimum absolute atomic E-state index is 0.0243. The van der Waals surface area contributed by atoms with Gasteiger partial charge in [0.25, 0.3) is 5.91 Å². The van der Waals surface area contributed by atoms with Crippen molar-refractivity contribution in [2.24, 2.45) is 5.73 Å². The Labute approximate surface area is 114 Å². The van der Waals surface area contributed by atoms with Crippen LogP contribution in [0.5, 0.6) is 0 Å². The van der Waals surface area contributed by atoms with Crippen LogP contribution >= 0.6 is 11.6 Å². The van der Waals surface area contributed by atoms with Crippen molar-refractivity contribution in [2.75, 3.05) is 6.26 Å². The van der Waals surface area contributed by atoms with Gasteiger partial charge in [-0.05, 0) is 12.1 Å². The molecule has 0 bridgehead atoms. The predicted molar refractivity (Wildman–Crippen MR) is 70.2 cm³/mol. The maximum absolute atomic E-state index is 11.6. The van der Waals surface area contributed by atoms with Crippen LogP contribution in [0.15, 0.2) is 35.7 Å². The standard InChI is InChI=1S/C11H10ClN3O3S/c1-19(17,18)10-4-7(11(13)16)9(5-8(10)12)15-3-2-14-6-15/h2-6H,1H3,(H2,13,16). The summed E-state index contributed by atoms with van der Waals surface area (Å²) in [7, 11) is -3.54. The van der Waals surface area contributed by atoms with Gasteiger partial charge in [0.1, 0.15) is 0 Å². The van der Waals surface area contributed by atoms with Crippen molar-refractivity contribution in [2.45, 2.75) is 4.90 Å². The maximum Gasteiger partial charge on any atom is 0.250 e. The molecule has 0 radical (unpaired) electrons. The molecule has 6 nitrogen and oxygen atoms in total. The summed E-state index contributed by atoms with van der Waals surface area (Å²) in [5.41, 5.74) is 5.71. The number of rotatable bonds is 3. The third-order valence-electron chi connectivity index (χ3n) is 2.50. The molecule has 0 fully saturated rings. The van der Waals surface area contributed by atoms with Gasteiger partial charge in [-0.2, -0.15) is 0 Å². The first-order valence-electron chi connectivity index (χ1n) is 5.12. The molecule has 8 heteroatoms. The second kappa shape index (κ2) is 4.67. The van der Waals surface area contributed by atoms with Crippen molar-refractivity contribution >= 4 is 27.3 Å². The Hall–Kier alpha value is -1.86. The number of primary amides is 1. The van der Waals surface area contributed by atoms with E-state index in [1.54, 1.807) is 6.20 Å². The number of hydrogen-bond donors (Lipinski definition) is 1. The third kappa shape index (κ3) is 2.61. The summed E-state index contributed by atoms with van der Waals surface area (Å²) in [4.78, 5) is 15.2. The van der Waals surface area contributed by atoms with Crippen molar-refractivity contribution < 1.29 is 13.2 Å². The van der Waals surface area contributed by atoms with Crippen molar-refractivity contribution in [1.82, 2.24) is 9.55 Å². The van der Waals surface area contributed by atoms with Crippen LogP contribution < -0.4 is 5.73 Å². The second-order valence-electron chi connectivity index (χ2n) is 3.91. The highest BCUT2D eigenvalue weighted by Gasteiger charge is 2.19. The van der Waals surface area contributed by atoms with Crippen molar-refractivity contribution in [3.05, 3.63) is 41.4 Å². The monoisotopic (exact) mass is 299 g/mol. The number of carbonyl (C=O) groups excluding carboxylic acids is 1. The van der Waals surface area contributed by atoms with Crippen LogP contribution in [-0.2, 0) is 9.84 Å². The molecule has 0 aliphatic heterocycles. The molecule has 0 saturated heterocycles. The molecular formula is C11H10ClN3O3S. The van der Waals surface area contributed by atoms with E-state index in [2.05, 4.69) is 4.98 Å². The van der Waals surface area contributed by atoms with E-state index in [0.29, 0.717) is 5.69 Å². The lowest BCUT2D eigenvalue weighted by atomic mass is 10.1. The fraction of sp³-hybridized carbons (Fsp3) is 0.0909. The van der Waals surface area contributed by atoms with E-state index in [-0.39, 0.29) is 15.5 Å². The number of halogens is 1. The fourth-order valence-corrected chi connectivity index (χ4v) is 2.96. The first-order chi connectivity index (χ1) is 8.80. The van der Waals surface area contributed by atoms with Crippen LogP contribution in [-0.4, -0.2) is 30.1 Å². The molecule has 0 unspecified atom stereocenters. The zero-order valence-corrected chi connectivity index (χ0v) is 11.4. The molecule has 1 aromatic heterocycles. The van der Waals surface area contributed by atoms with Gasteiger partial charge in [-0.25, -0.2) is 13.4 Å². The maximum atomic E-state index is 11.6. The number of amides is 1. The summed E-state index contributed by atoms with van der Waals surface area (Å²) in [6, 6.07) is 2.55. The highest BCUT2D eigenvalue weighted by atomic mass is 35.5. The number of imidazole rings is 1. The van der Waals surface area contributed by atoms with E-state index >= 15 is 0 Å². The average molecular weight is 300 g/mol. The second-order valence-corrected chi connectivity index (χ2v) is 6.30. The number of nitrogens with zero attached hydrogens (tertiary/aromatic N) is 2. The average Bonchev–Trinajstić information content (AvgIpc) is 2.79. The molecule has 100 valence electrons. The Kier molecular flexibility index (Phi) is 3.34. The van der Waals surface area contributed by atoms with Crippen LogP contribution in [0.4, 0.5) is 0 Å². The van der Waals surface area contributed by atoms with Gasteiger partial charge in [0.15, 0.2) is 9.84 Å². The molecule has 0 saturated carbocycles. The minimum Gasteiger partial charge on any atom is -0.366 e. The fourth-order valence-electron chi connectivity index (χ4n) is 1.64. The summed E-state index contributed by atoms with van der Waals surface area (Å²) in [6.45, 7) is 0. The zero-order valence-electron chi connectivity index (χ0n) is 9.87. The van der Waals surface area contributed by atoms with E-state index in [9.17, 15) is 13.2 Å². The van der Waals surface area contributed by atoms with Crippen LogP contribution in [0.1, 0.15) is 10.4 Å². The van der Waals surface area contributed by atoms with Crippen LogP contribution in [0.25, 0.3) is 5.69 Å². The summed E-state index contributed by atoms with van der Waals surface area (Å²) in [5, 5.41) is 0.0243. The van der Waals surface area contributed by atoms with Crippen LogP contribution in [0.2, 0.25) is 5.02 Å². The smallest absolute Gasteiger partial charge is 0.250 e. The SMILES string of the molecule is CS(=O)(=O)c1cc(C(N)=O)c(-n2ccnc2)cc1Cl. The Balaban J connectivity index is 2.77. The molecule has 1 heterocycles. The van der Waals surface area contributed by atoms with Crippen molar-refractivity contribution in [1.29, 1.82) is 0 Å². The Morgan fingerprint density at radius 1 is 1.42 bits per heavy atom. The van der Waals surface area contributed by atoms with E-state index in [1.165, 1.54) is 29.2 Å². The third-order valence-corrected chi connectivity index (χ3v) is 4.06. The summed E-state index contributed by atoms with van der Waals surface area (Å²) >= 11 is 5.94. The Morgan fingerprint density at radius 2 is 2.11 bits per heavy atom. The number of aromatic nitrogens is 2. The molecular weight excluding hydrogens is 290 g/mol. The number of benzene rings is 1. The summed E-state index contributed by atoms with van der Waals surface area (Å²) < 4.78 is 24.7. The Morgan fingerprint density at radius 3 is 2.58 bits per heavy atom. The van der Waals surface area contributed by atoms with Gasteiger partial charge in [-0.1, -0.05) is 11.6 Å². The highest BCUT2D eigenvalue weighted by Crippen LogP contribution is 2.27. The van der Waals surface area contributed by atoms with Gasteiger partial charge >= 0.3 is 0 Å². The molecule has 0 aliphatic rings. The lowest BCUT2D eigenvalue weighted by molar-refractivity contribution is 0.1000. The first-order valence-corrected chi connectivity index (χ1v) is 7.39. The number of carbonyl (C=O) groups is 1. The topological polar surface area (TPSA) is 95.0 Å². The molecule has 0 atom stereocenters. The molecule has 2 N–H and O–H groups in total. The molecule has 19 heavy (non-hydrogen) atoms. The lowest BCUT2D eigenvalue weighted by Gasteiger charge is -2.11. The van der Waals surface area contributed by atoms with Crippen LogP contribution in [0, 0.1) is 0 Å². The van der Waals surface area contributed by atoms with E-state index < -0.39 is 15.7 Å². The van der Waals surface area contributed by atoms with Gasteiger partial charge < -0.3 is 10.3 Å². The molecule has 1 amide bonds. The van der Waals surface area contributed by atoms with Crippen molar-refractivity contribution in [3.8, 4) is 5.69 Å². The van der Waals surface area contributed by atoms with E-state index in [1.807, 2.05) is 0 Å². The molecule has 1 aromatic carbocycles. The summed E-state index contributed by atoms with van der Waals surface area (Å²) in [6.07, 6.45) is 5.58. The highest BCUT2D eigenvalue weighted by molar-refractivity contribution is 7.90. The molecule has 2 aromatic rings. The summed E-state index contributed by atoms with van der Waals surface area (Å²) in [5.74, 6) is -0.745. The van der Waals surface area contributed by atoms with E-state index in [4.69, 9.17) is 17.3 Å². The first kappa shape index (κ1) is 13.6. The number of hydrogen-bond acceptors (Lipinski definition) is 4. The zero-order chi connectivity index (χ0) is 14.2. The van der Waals surface area contributed by atoms with Crippen molar-refractivity contribution in [3.63, 3.8) is 0 Å². The predicted octanol–water partition coefficient (Wildman–Crippen LogP) is 1.03.